The first-order valence-electron chi connectivity index (χ1n) is 6.85. The van der Waals surface area contributed by atoms with Crippen LogP contribution in [0.3, 0.4) is 0 Å². The molecule has 21 heavy (non-hydrogen) atoms. The second-order valence-corrected chi connectivity index (χ2v) is 6.08. The number of benzene rings is 2. The van der Waals surface area contributed by atoms with Gasteiger partial charge in [-0.1, -0.05) is 48.0 Å². The minimum absolute atomic E-state index is 0.156. The molecule has 0 aliphatic heterocycles. The maximum Gasteiger partial charge on any atom is 0.255 e. The van der Waals surface area contributed by atoms with Crippen LogP contribution in [0.5, 0.6) is 5.75 Å². The van der Waals surface area contributed by atoms with Crippen molar-refractivity contribution in [3.8, 4) is 5.75 Å². The summed E-state index contributed by atoms with van der Waals surface area (Å²) < 4.78 is 6.61. The molecule has 0 atom stereocenters. The quantitative estimate of drug-likeness (QED) is 0.848. The zero-order valence-corrected chi connectivity index (χ0v) is 13.7. The third kappa shape index (κ3) is 4.60. The summed E-state index contributed by atoms with van der Waals surface area (Å²) in [6.45, 7) is 4.79. The maximum absolute atomic E-state index is 12.3. The average molecular weight is 348 g/mol. The highest BCUT2D eigenvalue weighted by Gasteiger charge is 2.10. The topological polar surface area (TPSA) is 38.3 Å². The number of amides is 1. The summed E-state index contributed by atoms with van der Waals surface area (Å²) in [6.07, 6.45) is 0. The third-order valence-electron chi connectivity index (χ3n) is 2.79. The highest BCUT2D eigenvalue weighted by Crippen LogP contribution is 2.25. The first-order valence-corrected chi connectivity index (χ1v) is 7.64. The van der Waals surface area contributed by atoms with Crippen LogP contribution in [-0.2, 0) is 0 Å². The Bertz CT molecular complexity index is 626. The van der Waals surface area contributed by atoms with Gasteiger partial charge in [-0.15, -0.1) is 0 Å². The van der Waals surface area contributed by atoms with E-state index in [2.05, 4.69) is 35.1 Å². The predicted octanol–water partition coefficient (Wildman–Crippen LogP) is 4.74. The minimum Gasteiger partial charge on any atom is -0.491 e. The fourth-order valence-corrected chi connectivity index (χ4v) is 2.18. The van der Waals surface area contributed by atoms with Crippen molar-refractivity contribution in [3.63, 3.8) is 0 Å². The second kappa shape index (κ2) is 7.27. The molecule has 1 amide bonds. The van der Waals surface area contributed by atoms with E-state index >= 15 is 0 Å². The van der Waals surface area contributed by atoms with Crippen LogP contribution < -0.4 is 10.1 Å². The Balaban J connectivity index is 2.13. The molecular formula is C17H18BrNO2. The Labute approximate surface area is 133 Å². The molecule has 0 bridgehead atoms. The first-order chi connectivity index (χ1) is 10.1. The van der Waals surface area contributed by atoms with E-state index in [-0.39, 0.29) is 5.91 Å². The monoisotopic (exact) mass is 347 g/mol. The minimum atomic E-state index is -0.156. The van der Waals surface area contributed by atoms with E-state index in [9.17, 15) is 4.79 Å². The number of nitrogens with one attached hydrogen (secondary N) is 1. The van der Waals surface area contributed by atoms with Crippen LogP contribution in [0.2, 0.25) is 0 Å². The van der Waals surface area contributed by atoms with Gasteiger partial charge >= 0.3 is 0 Å². The first kappa shape index (κ1) is 15.6. The van der Waals surface area contributed by atoms with Crippen LogP contribution in [-0.4, -0.2) is 12.5 Å². The molecule has 0 heterocycles. The number of hydrogen-bond acceptors (Lipinski definition) is 2. The SMILES string of the molecule is CC(C)COc1ccccc1NC(=O)c1cccc(Br)c1. The lowest BCUT2D eigenvalue weighted by molar-refractivity contribution is 0.102. The summed E-state index contributed by atoms with van der Waals surface area (Å²) in [5.74, 6) is 0.963. The summed E-state index contributed by atoms with van der Waals surface area (Å²) in [7, 11) is 0. The summed E-state index contributed by atoms with van der Waals surface area (Å²) in [6, 6.07) is 14.7. The molecule has 0 aromatic heterocycles. The number of ether oxygens (including phenoxy) is 1. The van der Waals surface area contributed by atoms with Crippen molar-refractivity contribution in [2.75, 3.05) is 11.9 Å². The number of carbonyl (C=O) groups excluding carboxylic acids is 1. The lowest BCUT2D eigenvalue weighted by atomic mass is 10.2. The van der Waals surface area contributed by atoms with E-state index in [0.29, 0.717) is 29.5 Å². The van der Waals surface area contributed by atoms with E-state index in [0.717, 1.165) is 4.47 Å². The van der Waals surface area contributed by atoms with Crippen LogP contribution >= 0.6 is 15.9 Å². The normalized spacial score (nSPS) is 10.5. The number of rotatable bonds is 5. The van der Waals surface area contributed by atoms with E-state index in [1.807, 2.05) is 36.4 Å². The van der Waals surface area contributed by atoms with Gasteiger partial charge in [0.2, 0.25) is 0 Å². The average Bonchev–Trinajstić information content (AvgIpc) is 2.46. The fourth-order valence-electron chi connectivity index (χ4n) is 1.78. The summed E-state index contributed by atoms with van der Waals surface area (Å²) in [4.78, 5) is 12.3. The Morgan fingerprint density at radius 3 is 2.67 bits per heavy atom. The van der Waals surface area contributed by atoms with Gasteiger partial charge in [-0.3, -0.25) is 4.79 Å². The molecule has 2 rings (SSSR count). The fraction of sp³-hybridized carbons (Fsp3) is 0.235. The molecule has 2 aromatic rings. The van der Waals surface area contributed by atoms with Gasteiger partial charge < -0.3 is 10.1 Å². The highest BCUT2D eigenvalue weighted by atomic mass is 79.9. The van der Waals surface area contributed by atoms with Crippen LogP contribution in [0.25, 0.3) is 0 Å². The van der Waals surface area contributed by atoms with E-state index in [1.165, 1.54) is 0 Å². The standard InChI is InChI=1S/C17H18BrNO2/c1-12(2)11-21-16-9-4-3-8-15(16)19-17(20)13-6-5-7-14(18)10-13/h3-10,12H,11H2,1-2H3,(H,19,20). The largest absolute Gasteiger partial charge is 0.491 e. The van der Waals surface area contributed by atoms with Crippen LogP contribution in [0.15, 0.2) is 53.0 Å². The van der Waals surface area contributed by atoms with Crippen molar-refractivity contribution in [2.45, 2.75) is 13.8 Å². The number of para-hydroxylation sites is 2. The van der Waals surface area contributed by atoms with Gasteiger partial charge in [-0.05, 0) is 36.2 Å². The smallest absolute Gasteiger partial charge is 0.255 e. The zero-order chi connectivity index (χ0) is 15.2. The molecular weight excluding hydrogens is 330 g/mol. The number of halogens is 1. The molecule has 0 unspecified atom stereocenters. The van der Waals surface area contributed by atoms with Crippen molar-refractivity contribution < 1.29 is 9.53 Å². The highest BCUT2D eigenvalue weighted by molar-refractivity contribution is 9.10. The lowest BCUT2D eigenvalue weighted by Gasteiger charge is -2.14. The molecule has 0 aliphatic rings. The van der Waals surface area contributed by atoms with Gasteiger partial charge in [-0.2, -0.15) is 0 Å². The molecule has 110 valence electrons. The summed E-state index contributed by atoms with van der Waals surface area (Å²) in [5, 5.41) is 2.89. The molecule has 4 heteroatoms. The molecule has 0 radical (unpaired) electrons. The number of hydrogen-bond donors (Lipinski definition) is 1. The van der Waals surface area contributed by atoms with Crippen molar-refractivity contribution >= 4 is 27.5 Å². The Kier molecular flexibility index (Phi) is 5.39. The van der Waals surface area contributed by atoms with Gasteiger partial charge in [0.15, 0.2) is 0 Å². The predicted molar refractivity (Wildman–Crippen MR) is 88.9 cm³/mol. The third-order valence-corrected chi connectivity index (χ3v) is 3.29. The van der Waals surface area contributed by atoms with Gasteiger partial charge in [0.1, 0.15) is 5.75 Å². The molecule has 0 fully saturated rings. The van der Waals surface area contributed by atoms with Crippen molar-refractivity contribution in [1.29, 1.82) is 0 Å². The molecule has 1 N–H and O–H groups in total. The Hall–Kier alpha value is -1.81. The van der Waals surface area contributed by atoms with Crippen molar-refractivity contribution in [1.82, 2.24) is 0 Å². The molecule has 0 saturated carbocycles. The van der Waals surface area contributed by atoms with Crippen LogP contribution in [0, 0.1) is 5.92 Å². The van der Waals surface area contributed by atoms with Crippen LogP contribution in [0.4, 0.5) is 5.69 Å². The summed E-state index contributed by atoms with van der Waals surface area (Å²) >= 11 is 3.37. The molecule has 2 aromatic carbocycles. The Morgan fingerprint density at radius 2 is 1.95 bits per heavy atom. The molecule has 3 nitrogen and oxygen atoms in total. The molecule has 0 spiro atoms. The van der Waals surface area contributed by atoms with E-state index < -0.39 is 0 Å². The van der Waals surface area contributed by atoms with Gasteiger partial charge in [-0.25, -0.2) is 0 Å². The zero-order valence-electron chi connectivity index (χ0n) is 12.1. The van der Waals surface area contributed by atoms with Gasteiger partial charge in [0, 0.05) is 10.0 Å². The van der Waals surface area contributed by atoms with E-state index in [4.69, 9.17) is 4.74 Å². The summed E-state index contributed by atoms with van der Waals surface area (Å²) in [5.41, 5.74) is 1.28. The van der Waals surface area contributed by atoms with E-state index in [1.54, 1.807) is 12.1 Å². The lowest BCUT2D eigenvalue weighted by Crippen LogP contribution is -2.13. The number of anilines is 1. The number of carbonyl (C=O) groups is 1. The van der Waals surface area contributed by atoms with Crippen LogP contribution in [0.1, 0.15) is 24.2 Å². The van der Waals surface area contributed by atoms with Crippen molar-refractivity contribution in [3.05, 3.63) is 58.6 Å². The maximum atomic E-state index is 12.3. The molecule has 0 aliphatic carbocycles. The Morgan fingerprint density at radius 1 is 1.19 bits per heavy atom. The van der Waals surface area contributed by atoms with Gasteiger partial charge in [0.25, 0.3) is 5.91 Å². The van der Waals surface area contributed by atoms with Crippen molar-refractivity contribution in [2.24, 2.45) is 5.92 Å². The second-order valence-electron chi connectivity index (χ2n) is 5.17. The molecule has 0 saturated heterocycles. The van der Waals surface area contributed by atoms with Gasteiger partial charge in [0.05, 0.1) is 12.3 Å².